The van der Waals surface area contributed by atoms with Crippen molar-refractivity contribution in [2.45, 2.75) is 76.8 Å². The molecular weight excluding hydrogens is 531 g/mol. The summed E-state index contributed by atoms with van der Waals surface area (Å²) in [6, 6.07) is 8.26. The Morgan fingerprint density at radius 1 is 1.10 bits per heavy atom. The second-order valence-corrected chi connectivity index (χ2v) is 12.8. The molecule has 0 saturated carbocycles. The van der Waals surface area contributed by atoms with Crippen LogP contribution in [0.4, 0.5) is 15.0 Å². The molecule has 3 atom stereocenters. The molecule has 10 heteroatoms. The number of hydrogen-bond donors (Lipinski definition) is 0. The lowest BCUT2D eigenvalue weighted by atomic mass is 9.97. The number of ether oxygens (including phenoxy) is 2. The van der Waals surface area contributed by atoms with Crippen LogP contribution in [0.15, 0.2) is 40.0 Å². The molecule has 8 nitrogen and oxygen atoms in total. The number of hydrogen-bond acceptors (Lipinski definition) is 7. The average Bonchev–Trinajstić information content (AvgIpc) is 3.06. The summed E-state index contributed by atoms with van der Waals surface area (Å²) in [7, 11) is 1.66. The first kappa shape index (κ1) is 28.4. The predicted molar refractivity (Wildman–Crippen MR) is 157 cm³/mol. The molecule has 40 heavy (non-hydrogen) atoms. The third-order valence-corrected chi connectivity index (χ3v) is 8.71. The van der Waals surface area contributed by atoms with Crippen molar-refractivity contribution in [3.8, 4) is 11.1 Å². The molecule has 0 unspecified atom stereocenters. The summed E-state index contributed by atoms with van der Waals surface area (Å²) in [6.45, 7) is 13.0. The molecule has 0 bridgehead atoms. The van der Waals surface area contributed by atoms with Crippen LogP contribution in [-0.4, -0.2) is 70.3 Å². The lowest BCUT2D eigenvalue weighted by Gasteiger charge is -2.45. The number of nitrogens with zero attached hydrogens (tertiary/aromatic N) is 4. The number of carbonyl (C=O) groups is 1. The summed E-state index contributed by atoms with van der Waals surface area (Å²) in [5.74, 6) is 0.991. The van der Waals surface area contributed by atoms with E-state index < -0.39 is 5.60 Å². The molecule has 214 valence electrons. The van der Waals surface area contributed by atoms with E-state index in [0.29, 0.717) is 31.2 Å². The first-order valence-corrected chi connectivity index (χ1v) is 14.6. The van der Waals surface area contributed by atoms with Gasteiger partial charge in [0.25, 0.3) is 0 Å². The van der Waals surface area contributed by atoms with Gasteiger partial charge < -0.3 is 14.4 Å². The second-order valence-electron chi connectivity index (χ2n) is 11.8. The molecule has 2 aliphatic rings. The molecule has 3 heterocycles. The van der Waals surface area contributed by atoms with Gasteiger partial charge in [0.15, 0.2) is 0 Å². The van der Waals surface area contributed by atoms with Crippen molar-refractivity contribution in [3.05, 3.63) is 52.2 Å². The number of aromatic nitrogens is 2. The lowest BCUT2D eigenvalue weighted by Crippen LogP contribution is -2.59. The van der Waals surface area contributed by atoms with E-state index in [1.54, 1.807) is 40.5 Å². The summed E-state index contributed by atoms with van der Waals surface area (Å²) in [5.41, 5.74) is 2.78. The van der Waals surface area contributed by atoms with Crippen molar-refractivity contribution in [1.82, 2.24) is 14.5 Å². The summed E-state index contributed by atoms with van der Waals surface area (Å²) in [4.78, 5) is 36.1. The molecule has 1 aromatic heterocycles. The van der Waals surface area contributed by atoms with Crippen LogP contribution in [-0.2, 0) is 16.0 Å². The summed E-state index contributed by atoms with van der Waals surface area (Å²) in [6.07, 6.45) is -0.500. The van der Waals surface area contributed by atoms with Gasteiger partial charge >= 0.3 is 11.8 Å². The Morgan fingerprint density at radius 3 is 2.35 bits per heavy atom. The van der Waals surface area contributed by atoms with E-state index in [-0.39, 0.29) is 35.8 Å². The van der Waals surface area contributed by atoms with Gasteiger partial charge in [-0.1, -0.05) is 12.1 Å². The van der Waals surface area contributed by atoms with Gasteiger partial charge in [0.1, 0.15) is 17.2 Å². The van der Waals surface area contributed by atoms with Crippen LogP contribution in [0.2, 0.25) is 0 Å². The van der Waals surface area contributed by atoms with Gasteiger partial charge in [-0.25, -0.2) is 14.0 Å². The molecular formula is C30H37FN4O4S. The minimum absolute atomic E-state index is 0.153. The zero-order valence-electron chi connectivity index (χ0n) is 24.2. The van der Waals surface area contributed by atoms with Crippen LogP contribution in [0, 0.1) is 12.7 Å². The van der Waals surface area contributed by atoms with Crippen molar-refractivity contribution in [2.24, 2.45) is 0 Å². The highest BCUT2D eigenvalue weighted by Crippen LogP contribution is 2.43. The van der Waals surface area contributed by atoms with Crippen molar-refractivity contribution in [2.75, 3.05) is 30.9 Å². The first-order chi connectivity index (χ1) is 18.9. The maximum atomic E-state index is 13.8. The van der Waals surface area contributed by atoms with E-state index >= 15 is 0 Å². The zero-order chi connectivity index (χ0) is 28.9. The van der Waals surface area contributed by atoms with Gasteiger partial charge in [0.05, 0.1) is 30.2 Å². The van der Waals surface area contributed by atoms with E-state index in [4.69, 9.17) is 9.47 Å². The minimum atomic E-state index is -0.587. The van der Waals surface area contributed by atoms with Crippen molar-refractivity contribution in [3.63, 3.8) is 0 Å². The average molecular weight is 569 g/mol. The zero-order valence-corrected chi connectivity index (χ0v) is 25.0. The number of anilines is 1. The Hall–Kier alpha value is -3.11. The second kappa shape index (κ2) is 10.7. The third-order valence-electron chi connectivity index (χ3n) is 7.48. The van der Waals surface area contributed by atoms with Crippen LogP contribution in [0.5, 0.6) is 0 Å². The van der Waals surface area contributed by atoms with Crippen LogP contribution < -0.4 is 10.6 Å². The maximum absolute atomic E-state index is 13.8. The van der Waals surface area contributed by atoms with Crippen LogP contribution in [0.3, 0.4) is 0 Å². The van der Waals surface area contributed by atoms with Gasteiger partial charge in [0.2, 0.25) is 0 Å². The fraction of sp³-hybridized carbons (Fsp3) is 0.500. The molecule has 1 amide bonds. The Kier molecular flexibility index (Phi) is 7.60. The Balaban J connectivity index is 1.64. The molecule has 2 aliphatic heterocycles. The standard InChI is InChI=1S/C30H37FN4O4S/c1-17-12-23-25-26(24(17)20-8-10-21(31)11-9-20)40-16-22(38-7)15-34(25)28(36)32-27(23)33-13-18(2)35(19(3)14-33)29(37)39-30(4,5)6/h8-12,18-19,22H,13-16H2,1-7H3/t18-,19+,22-/m0/s1. The highest BCUT2D eigenvalue weighted by molar-refractivity contribution is 7.99. The fourth-order valence-corrected chi connectivity index (χ4v) is 7.17. The van der Waals surface area contributed by atoms with E-state index in [2.05, 4.69) is 16.0 Å². The lowest BCUT2D eigenvalue weighted by molar-refractivity contribution is 0.00562. The van der Waals surface area contributed by atoms with Gasteiger partial charge in [0, 0.05) is 41.8 Å². The SMILES string of the molecule is CO[C@@H]1CSc2c(-c3ccc(F)cc3)c(C)cc3c(N4C[C@@H](C)N(C(=O)OC(C)(C)C)[C@@H](C)C4)nc(=O)n(c23)C1. The smallest absolute Gasteiger partial charge is 0.410 e. The molecule has 3 aromatic rings. The van der Waals surface area contributed by atoms with Crippen LogP contribution in [0.25, 0.3) is 22.0 Å². The molecule has 0 N–H and O–H groups in total. The molecule has 0 radical (unpaired) electrons. The monoisotopic (exact) mass is 568 g/mol. The topological polar surface area (TPSA) is 76.9 Å². The fourth-order valence-electron chi connectivity index (χ4n) is 5.79. The van der Waals surface area contributed by atoms with E-state index in [1.807, 2.05) is 41.5 Å². The number of amides is 1. The van der Waals surface area contributed by atoms with Crippen molar-refractivity contribution < 1.29 is 18.7 Å². The van der Waals surface area contributed by atoms with Gasteiger partial charge in [-0.05, 0) is 70.9 Å². The number of thioether (sulfide) groups is 1. The number of methoxy groups -OCH3 is 1. The minimum Gasteiger partial charge on any atom is -0.444 e. The number of rotatable bonds is 3. The number of halogens is 1. The van der Waals surface area contributed by atoms with E-state index in [0.717, 1.165) is 32.5 Å². The van der Waals surface area contributed by atoms with E-state index in [9.17, 15) is 14.0 Å². The first-order valence-electron chi connectivity index (χ1n) is 13.6. The van der Waals surface area contributed by atoms with Crippen LogP contribution in [0.1, 0.15) is 40.2 Å². The van der Waals surface area contributed by atoms with Crippen molar-refractivity contribution in [1.29, 1.82) is 0 Å². The molecule has 2 aromatic carbocycles. The quantitative estimate of drug-likeness (QED) is 0.415. The normalized spacial score (nSPS) is 21.4. The Labute approximate surface area is 238 Å². The third kappa shape index (κ3) is 5.31. The summed E-state index contributed by atoms with van der Waals surface area (Å²) < 4.78 is 26.9. The van der Waals surface area contributed by atoms with Gasteiger partial charge in [-0.2, -0.15) is 4.98 Å². The number of carbonyl (C=O) groups excluding carboxylic acids is 1. The molecule has 5 rings (SSSR count). The molecule has 0 spiro atoms. The molecule has 1 saturated heterocycles. The number of aryl methyl sites for hydroxylation is 1. The van der Waals surface area contributed by atoms with Crippen LogP contribution >= 0.6 is 11.8 Å². The summed E-state index contributed by atoms with van der Waals surface area (Å²) in [5, 5.41) is 0.882. The maximum Gasteiger partial charge on any atom is 0.410 e. The van der Waals surface area contributed by atoms with Gasteiger partial charge in [-0.15, -0.1) is 11.8 Å². The largest absolute Gasteiger partial charge is 0.444 e. The van der Waals surface area contributed by atoms with E-state index in [1.165, 1.54) is 12.1 Å². The molecule has 0 aliphatic carbocycles. The molecule has 1 fully saturated rings. The number of piperazine rings is 1. The number of benzene rings is 2. The van der Waals surface area contributed by atoms with Gasteiger partial charge in [-0.3, -0.25) is 9.47 Å². The Bertz CT molecular complexity index is 1490. The highest BCUT2D eigenvalue weighted by Gasteiger charge is 2.37. The Morgan fingerprint density at radius 2 is 1.75 bits per heavy atom. The van der Waals surface area contributed by atoms with Crippen molar-refractivity contribution >= 4 is 34.6 Å². The summed E-state index contributed by atoms with van der Waals surface area (Å²) >= 11 is 1.66. The predicted octanol–water partition coefficient (Wildman–Crippen LogP) is 5.47. The highest BCUT2D eigenvalue weighted by atomic mass is 32.2.